The Morgan fingerprint density at radius 1 is 1.21 bits per heavy atom. The highest BCUT2D eigenvalue weighted by Crippen LogP contribution is 2.19. The molecule has 7 heteroatoms. The molecule has 0 aliphatic carbocycles. The van der Waals surface area contributed by atoms with Crippen LogP contribution in [0.1, 0.15) is 22.3 Å². The number of hydrogen-bond donors (Lipinski definition) is 2. The van der Waals surface area contributed by atoms with E-state index in [1.54, 1.807) is 24.3 Å². The van der Waals surface area contributed by atoms with Gasteiger partial charge < -0.3 is 15.9 Å². The van der Waals surface area contributed by atoms with Gasteiger partial charge in [0, 0.05) is 23.2 Å². The number of anilines is 1. The summed E-state index contributed by atoms with van der Waals surface area (Å²) in [5, 5.41) is 6.53. The molecule has 0 aromatic heterocycles. The van der Waals surface area contributed by atoms with Gasteiger partial charge in [-0.3, -0.25) is 9.59 Å². The van der Waals surface area contributed by atoms with Crippen LogP contribution in [0.5, 0.6) is 0 Å². The molecule has 3 N–H and O–H groups in total. The lowest BCUT2D eigenvalue weighted by molar-refractivity contribution is -0.125. The molecule has 2 aromatic carbocycles. The monoisotopic (exact) mass is 327 g/mol. The lowest BCUT2D eigenvalue weighted by Gasteiger charge is -2.09. The van der Waals surface area contributed by atoms with Gasteiger partial charge in [-0.1, -0.05) is 17.3 Å². The summed E-state index contributed by atoms with van der Waals surface area (Å²) in [6, 6.07) is 12.1. The molecule has 1 unspecified atom stereocenters. The lowest BCUT2D eigenvalue weighted by atomic mass is 10.0. The van der Waals surface area contributed by atoms with Gasteiger partial charge in [0.05, 0.1) is 5.71 Å². The molecule has 1 heterocycles. The predicted octanol–water partition coefficient (Wildman–Crippen LogP) is 2.06. The minimum absolute atomic E-state index is 0.245. The average Bonchev–Trinajstić information content (AvgIpc) is 3.05. The van der Waals surface area contributed by atoms with Crippen molar-refractivity contribution in [2.24, 2.45) is 10.9 Å². The van der Waals surface area contributed by atoms with Gasteiger partial charge in [0.15, 0.2) is 0 Å². The summed E-state index contributed by atoms with van der Waals surface area (Å²) in [7, 11) is 0. The van der Waals surface area contributed by atoms with E-state index in [1.807, 2.05) is 0 Å². The fourth-order valence-electron chi connectivity index (χ4n) is 2.30. The summed E-state index contributed by atoms with van der Waals surface area (Å²) in [4.78, 5) is 28.3. The number of carbonyl (C=O) groups excluding carboxylic acids is 2. The standard InChI is InChI=1S/C17H14FN3O3/c18-12-3-1-2-11(8-12)14-9-15(24-21-14)17(23)20-13-6-4-10(5-7-13)16(19)22/h1-8,15H,9H2,(H2,19,22)(H,20,23). The largest absolute Gasteiger partial charge is 0.382 e. The van der Waals surface area contributed by atoms with E-state index >= 15 is 0 Å². The van der Waals surface area contributed by atoms with Crippen LogP contribution in [0.3, 0.4) is 0 Å². The molecule has 0 bridgehead atoms. The summed E-state index contributed by atoms with van der Waals surface area (Å²) in [6.07, 6.45) is -0.548. The molecule has 1 atom stereocenters. The zero-order valence-electron chi connectivity index (χ0n) is 12.5. The first-order chi connectivity index (χ1) is 11.5. The quantitative estimate of drug-likeness (QED) is 0.900. The van der Waals surface area contributed by atoms with Gasteiger partial charge in [0.2, 0.25) is 12.0 Å². The van der Waals surface area contributed by atoms with E-state index in [0.717, 1.165) is 0 Å². The fraction of sp³-hybridized carbons (Fsp3) is 0.118. The number of hydrogen-bond acceptors (Lipinski definition) is 4. The third kappa shape index (κ3) is 3.40. The first kappa shape index (κ1) is 15.7. The number of halogens is 1. The molecule has 3 rings (SSSR count). The molecule has 0 saturated carbocycles. The van der Waals surface area contributed by atoms with Crippen LogP contribution in [-0.2, 0) is 9.63 Å². The van der Waals surface area contributed by atoms with Crippen LogP contribution in [0.15, 0.2) is 53.7 Å². The van der Waals surface area contributed by atoms with Crippen molar-refractivity contribution in [1.82, 2.24) is 0 Å². The maximum atomic E-state index is 13.2. The molecule has 0 fully saturated rings. The van der Waals surface area contributed by atoms with E-state index in [0.29, 0.717) is 22.5 Å². The van der Waals surface area contributed by atoms with E-state index in [1.165, 1.54) is 24.3 Å². The maximum absolute atomic E-state index is 13.2. The van der Waals surface area contributed by atoms with Crippen LogP contribution >= 0.6 is 0 Å². The third-order valence-electron chi connectivity index (χ3n) is 3.56. The number of nitrogens with zero attached hydrogens (tertiary/aromatic N) is 1. The molecule has 122 valence electrons. The fourth-order valence-corrected chi connectivity index (χ4v) is 2.30. The minimum Gasteiger partial charge on any atom is -0.382 e. The molecular weight excluding hydrogens is 313 g/mol. The summed E-state index contributed by atoms with van der Waals surface area (Å²) >= 11 is 0. The molecule has 2 aromatic rings. The van der Waals surface area contributed by atoms with Gasteiger partial charge in [-0.25, -0.2) is 4.39 Å². The predicted molar refractivity (Wildman–Crippen MR) is 86.0 cm³/mol. The number of nitrogens with one attached hydrogen (secondary N) is 1. The molecule has 0 saturated heterocycles. The van der Waals surface area contributed by atoms with Gasteiger partial charge in [0.25, 0.3) is 5.91 Å². The molecular formula is C17H14FN3O3. The number of amides is 2. The van der Waals surface area contributed by atoms with E-state index in [9.17, 15) is 14.0 Å². The first-order valence-corrected chi connectivity index (χ1v) is 7.22. The van der Waals surface area contributed by atoms with Crippen molar-refractivity contribution in [2.75, 3.05) is 5.32 Å². The van der Waals surface area contributed by atoms with Gasteiger partial charge in [-0.2, -0.15) is 0 Å². The van der Waals surface area contributed by atoms with Crippen LogP contribution in [0.25, 0.3) is 0 Å². The smallest absolute Gasteiger partial charge is 0.268 e. The number of oxime groups is 1. The molecule has 6 nitrogen and oxygen atoms in total. The van der Waals surface area contributed by atoms with Crippen molar-refractivity contribution in [3.05, 3.63) is 65.5 Å². The van der Waals surface area contributed by atoms with Crippen LogP contribution < -0.4 is 11.1 Å². The Morgan fingerprint density at radius 3 is 2.62 bits per heavy atom. The summed E-state index contributed by atoms with van der Waals surface area (Å²) in [6.45, 7) is 0. The van der Waals surface area contributed by atoms with Crippen LogP contribution in [0.4, 0.5) is 10.1 Å². The van der Waals surface area contributed by atoms with Crippen molar-refractivity contribution < 1.29 is 18.8 Å². The second-order valence-corrected chi connectivity index (χ2v) is 5.28. The van der Waals surface area contributed by atoms with Gasteiger partial charge in [-0.05, 0) is 36.4 Å². The Hall–Kier alpha value is -3.22. The summed E-state index contributed by atoms with van der Waals surface area (Å²) in [5.74, 6) is -1.30. The Labute approximate surface area is 137 Å². The van der Waals surface area contributed by atoms with E-state index < -0.39 is 12.0 Å². The van der Waals surface area contributed by atoms with Crippen molar-refractivity contribution in [3.63, 3.8) is 0 Å². The third-order valence-corrected chi connectivity index (χ3v) is 3.56. The average molecular weight is 327 g/mol. The van der Waals surface area contributed by atoms with Crippen LogP contribution in [0.2, 0.25) is 0 Å². The SMILES string of the molecule is NC(=O)c1ccc(NC(=O)C2CC(c3cccc(F)c3)=NO2)cc1. The molecule has 0 spiro atoms. The number of benzene rings is 2. The Morgan fingerprint density at radius 2 is 1.96 bits per heavy atom. The lowest BCUT2D eigenvalue weighted by Crippen LogP contribution is -2.28. The molecule has 1 aliphatic heterocycles. The summed E-state index contributed by atoms with van der Waals surface area (Å²) in [5.41, 5.74) is 7.11. The number of nitrogens with two attached hydrogens (primary N) is 1. The Balaban J connectivity index is 1.62. The number of carbonyl (C=O) groups is 2. The highest BCUT2D eigenvalue weighted by Gasteiger charge is 2.29. The van der Waals surface area contributed by atoms with E-state index in [-0.39, 0.29) is 18.1 Å². The number of rotatable bonds is 4. The van der Waals surface area contributed by atoms with Crippen molar-refractivity contribution >= 4 is 23.2 Å². The highest BCUT2D eigenvalue weighted by molar-refractivity contribution is 6.06. The number of primary amides is 1. The molecule has 2 amide bonds. The molecule has 1 aliphatic rings. The first-order valence-electron chi connectivity index (χ1n) is 7.22. The van der Waals surface area contributed by atoms with Crippen molar-refractivity contribution in [3.8, 4) is 0 Å². The molecule has 24 heavy (non-hydrogen) atoms. The van der Waals surface area contributed by atoms with Crippen molar-refractivity contribution in [2.45, 2.75) is 12.5 Å². The second kappa shape index (κ2) is 6.49. The zero-order valence-corrected chi connectivity index (χ0v) is 12.5. The summed E-state index contributed by atoms with van der Waals surface area (Å²) < 4.78 is 13.2. The Kier molecular flexibility index (Phi) is 4.24. The van der Waals surface area contributed by atoms with Gasteiger partial charge in [0.1, 0.15) is 5.82 Å². The highest BCUT2D eigenvalue weighted by atomic mass is 19.1. The second-order valence-electron chi connectivity index (χ2n) is 5.28. The zero-order chi connectivity index (χ0) is 17.1. The van der Waals surface area contributed by atoms with E-state index in [2.05, 4.69) is 10.5 Å². The van der Waals surface area contributed by atoms with Crippen molar-refractivity contribution in [1.29, 1.82) is 0 Å². The van der Waals surface area contributed by atoms with Gasteiger partial charge >= 0.3 is 0 Å². The van der Waals surface area contributed by atoms with E-state index in [4.69, 9.17) is 10.6 Å². The van der Waals surface area contributed by atoms with Gasteiger partial charge in [-0.15, -0.1) is 0 Å². The Bertz CT molecular complexity index is 818. The normalized spacial score (nSPS) is 16.2. The van der Waals surface area contributed by atoms with Crippen LogP contribution in [0, 0.1) is 5.82 Å². The van der Waals surface area contributed by atoms with Crippen LogP contribution in [-0.4, -0.2) is 23.6 Å². The molecule has 0 radical (unpaired) electrons. The maximum Gasteiger partial charge on any atom is 0.268 e. The minimum atomic E-state index is -0.793. The topological polar surface area (TPSA) is 93.8 Å².